The van der Waals surface area contributed by atoms with Crippen molar-refractivity contribution in [2.75, 3.05) is 37.7 Å². The molecule has 1 atom stereocenters. The van der Waals surface area contributed by atoms with E-state index < -0.39 is 21.4 Å². The first-order valence-corrected chi connectivity index (χ1v) is 10.0. The first-order valence-electron chi connectivity index (χ1n) is 8.22. The highest BCUT2D eigenvalue weighted by Crippen LogP contribution is 2.24. The summed E-state index contributed by atoms with van der Waals surface area (Å²) in [5, 5.41) is 3.27. The smallest absolute Gasteiger partial charge is 0.349 e. The molecule has 0 radical (unpaired) electrons. The van der Waals surface area contributed by atoms with Gasteiger partial charge < -0.3 is 14.6 Å². The summed E-state index contributed by atoms with van der Waals surface area (Å²) in [6, 6.07) is 1.77. The van der Waals surface area contributed by atoms with Crippen LogP contribution in [0.25, 0.3) is 0 Å². The second kappa shape index (κ2) is 7.88. The molecule has 1 N–H and O–H groups in total. The normalized spacial score (nSPS) is 22.9. The number of carbonyl (C=O) groups excluding carboxylic acids is 1. The standard InChI is InChI=1S/C16H22N2O5S.ClH/c1-11-9-13(12-3-2-4-17-10-12)23-16(20)14(11)15(19)18-5-7-24(21,22)8-6-18;/h9,12,17H,2-8,10H2,1H3;1H. The fraction of sp³-hybridized carbons (Fsp3) is 0.625. The molecule has 2 aliphatic heterocycles. The molecule has 7 nitrogen and oxygen atoms in total. The Bertz CT molecular complexity index is 785. The molecule has 1 aromatic heterocycles. The van der Waals surface area contributed by atoms with Gasteiger partial charge in [-0.25, -0.2) is 13.2 Å². The Morgan fingerprint density at radius 2 is 2.00 bits per heavy atom. The van der Waals surface area contributed by atoms with Crippen molar-refractivity contribution < 1.29 is 17.6 Å². The maximum Gasteiger partial charge on any atom is 0.349 e. The molecule has 9 heteroatoms. The van der Waals surface area contributed by atoms with Crippen LogP contribution in [-0.2, 0) is 9.84 Å². The van der Waals surface area contributed by atoms with Crippen molar-refractivity contribution in [3.8, 4) is 0 Å². The third-order valence-electron chi connectivity index (χ3n) is 4.71. The highest BCUT2D eigenvalue weighted by Gasteiger charge is 2.29. The molecule has 2 fully saturated rings. The summed E-state index contributed by atoms with van der Waals surface area (Å²) in [5.74, 6) is 0.200. The lowest BCUT2D eigenvalue weighted by Crippen LogP contribution is -2.45. The van der Waals surface area contributed by atoms with Crippen molar-refractivity contribution in [3.05, 3.63) is 33.4 Å². The third kappa shape index (κ3) is 4.43. The van der Waals surface area contributed by atoms with E-state index in [0.29, 0.717) is 11.3 Å². The number of rotatable bonds is 2. The highest BCUT2D eigenvalue weighted by molar-refractivity contribution is 7.91. The van der Waals surface area contributed by atoms with E-state index in [2.05, 4.69) is 5.32 Å². The molecule has 0 bridgehead atoms. The number of sulfone groups is 1. The minimum atomic E-state index is -3.08. The van der Waals surface area contributed by atoms with E-state index in [0.717, 1.165) is 25.9 Å². The van der Waals surface area contributed by atoms with E-state index in [4.69, 9.17) is 4.42 Å². The quantitative estimate of drug-likeness (QED) is 0.798. The van der Waals surface area contributed by atoms with Crippen LogP contribution in [0.1, 0.15) is 40.4 Å². The summed E-state index contributed by atoms with van der Waals surface area (Å²) in [7, 11) is -3.08. The van der Waals surface area contributed by atoms with Gasteiger partial charge >= 0.3 is 5.63 Å². The average molecular weight is 391 g/mol. The Balaban J connectivity index is 0.00000225. The van der Waals surface area contributed by atoms with Gasteiger partial charge in [0.05, 0.1) is 11.5 Å². The van der Waals surface area contributed by atoms with Gasteiger partial charge in [0.2, 0.25) is 0 Å². The molecule has 0 aromatic carbocycles. The molecule has 1 aromatic rings. The number of carbonyl (C=O) groups is 1. The van der Waals surface area contributed by atoms with E-state index in [1.54, 1.807) is 13.0 Å². The Hall–Kier alpha value is -1.38. The summed E-state index contributed by atoms with van der Waals surface area (Å²) >= 11 is 0. The van der Waals surface area contributed by atoms with Gasteiger partial charge in [-0.15, -0.1) is 12.4 Å². The zero-order chi connectivity index (χ0) is 17.3. The molecule has 140 valence electrons. The molecule has 0 spiro atoms. The van der Waals surface area contributed by atoms with Gasteiger partial charge in [-0.05, 0) is 37.9 Å². The van der Waals surface area contributed by atoms with Crippen molar-refractivity contribution in [1.82, 2.24) is 10.2 Å². The highest BCUT2D eigenvalue weighted by atomic mass is 35.5. The van der Waals surface area contributed by atoms with Crippen LogP contribution in [-0.4, -0.2) is 56.9 Å². The Morgan fingerprint density at radius 1 is 1.32 bits per heavy atom. The van der Waals surface area contributed by atoms with Gasteiger partial charge in [0.25, 0.3) is 5.91 Å². The molecule has 2 aliphatic rings. The van der Waals surface area contributed by atoms with Crippen LogP contribution in [0.15, 0.2) is 15.3 Å². The molecule has 0 saturated carbocycles. The number of piperidine rings is 1. The van der Waals surface area contributed by atoms with E-state index in [9.17, 15) is 18.0 Å². The SMILES string of the molecule is Cc1cc(C2CCCNC2)oc(=O)c1C(=O)N1CCS(=O)(=O)CC1.Cl. The average Bonchev–Trinajstić information content (AvgIpc) is 2.54. The Morgan fingerprint density at radius 3 is 2.56 bits per heavy atom. The molecule has 1 unspecified atom stereocenters. The van der Waals surface area contributed by atoms with Crippen molar-refractivity contribution in [1.29, 1.82) is 0 Å². The zero-order valence-corrected chi connectivity index (χ0v) is 15.7. The van der Waals surface area contributed by atoms with Crippen molar-refractivity contribution in [2.24, 2.45) is 0 Å². The predicted molar refractivity (Wildman–Crippen MR) is 96.4 cm³/mol. The Labute approximate surface area is 153 Å². The minimum absolute atomic E-state index is 0. The molecular formula is C16H23ClN2O5S. The van der Waals surface area contributed by atoms with Gasteiger partial charge in [0.15, 0.2) is 9.84 Å². The monoisotopic (exact) mass is 390 g/mol. The van der Waals surface area contributed by atoms with Crippen LogP contribution in [0.2, 0.25) is 0 Å². The van der Waals surface area contributed by atoms with Crippen LogP contribution >= 0.6 is 12.4 Å². The lowest BCUT2D eigenvalue weighted by Gasteiger charge is -2.27. The van der Waals surface area contributed by atoms with Gasteiger partial charge in [-0.2, -0.15) is 0 Å². The topological polar surface area (TPSA) is 96.7 Å². The van der Waals surface area contributed by atoms with Crippen LogP contribution in [0.3, 0.4) is 0 Å². The lowest BCUT2D eigenvalue weighted by atomic mass is 9.95. The number of nitrogens with zero attached hydrogens (tertiary/aromatic N) is 1. The van der Waals surface area contributed by atoms with Crippen LogP contribution in [0, 0.1) is 6.92 Å². The van der Waals surface area contributed by atoms with Gasteiger partial charge in [-0.1, -0.05) is 0 Å². The summed E-state index contributed by atoms with van der Waals surface area (Å²) < 4.78 is 28.4. The number of hydrogen-bond donors (Lipinski definition) is 1. The van der Waals surface area contributed by atoms with E-state index in [-0.39, 0.29) is 48.5 Å². The molecule has 0 aliphatic carbocycles. The summed E-state index contributed by atoms with van der Waals surface area (Å²) in [4.78, 5) is 26.4. The number of aryl methyl sites for hydroxylation is 1. The molecule has 1 amide bonds. The van der Waals surface area contributed by atoms with E-state index in [1.807, 2.05) is 0 Å². The molecular weight excluding hydrogens is 368 g/mol. The van der Waals surface area contributed by atoms with Gasteiger partial charge in [-0.3, -0.25) is 4.79 Å². The maximum absolute atomic E-state index is 12.6. The predicted octanol–water partition coefficient (Wildman–Crippen LogP) is 0.708. The van der Waals surface area contributed by atoms with Crippen LogP contribution in [0.5, 0.6) is 0 Å². The summed E-state index contributed by atoms with van der Waals surface area (Å²) in [6.45, 7) is 3.70. The third-order valence-corrected chi connectivity index (χ3v) is 6.32. The van der Waals surface area contributed by atoms with Gasteiger partial charge in [0.1, 0.15) is 11.3 Å². The van der Waals surface area contributed by atoms with Gasteiger partial charge in [0, 0.05) is 25.6 Å². The fourth-order valence-corrected chi connectivity index (χ4v) is 4.46. The van der Waals surface area contributed by atoms with E-state index >= 15 is 0 Å². The molecule has 2 saturated heterocycles. The first-order chi connectivity index (χ1) is 11.4. The van der Waals surface area contributed by atoms with Crippen LogP contribution < -0.4 is 10.9 Å². The summed E-state index contributed by atoms with van der Waals surface area (Å²) in [6.07, 6.45) is 1.98. The van der Waals surface area contributed by atoms with Crippen LogP contribution in [0.4, 0.5) is 0 Å². The largest absolute Gasteiger partial charge is 0.427 e. The number of nitrogens with one attached hydrogen (secondary N) is 1. The number of halogens is 1. The lowest BCUT2D eigenvalue weighted by molar-refractivity contribution is 0.0764. The Kier molecular flexibility index (Phi) is 6.29. The zero-order valence-electron chi connectivity index (χ0n) is 14.1. The number of hydrogen-bond acceptors (Lipinski definition) is 6. The second-order valence-corrected chi connectivity index (χ2v) is 8.79. The first kappa shape index (κ1) is 19.9. The molecule has 3 heterocycles. The molecule has 25 heavy (non-hydrogen) atoms. The van der Waals surface area contributed by atoms with Crippen molar-refractivity contribution in [2.45, 2.75) is 25.7 Å². The number of amides is 1. The minimum Gasteiger partial charge on any atom is -0.427 e. The van der Waals surface area contributed by atoms with Crippen molar-refractivity contribution >= 4 is 28.2 Å². The second-order valence-electron chi connectivity index (χ2n) is 6.48. The maximum atomic E-state index is 12.6. The summed E-state index contributed by atoms with van der Waals surface area (Å²) in [5.41, 5.74) is -0.0268. The van der Waals surface area contributed by atoms with Crippen molar-refractivity contribution in [3.63, 3.8) is 0 Å². The van der Waals surface area contributed by atoms with E-state index in [1.165, 1.54) is 4.90 Å². The fourth-order valence-electron chi connectivity index (χ4n) is 3.26. The molecule has 3 rings (SSSR count).